The summed E-state index contributed by atoms with van der Waals surface area (Å²) in [6.07, 6.45) is 2.33. The Balaban J connectivity index is 1.52. The lowest BCUT2D eigenvalue weighted by atomic mass is 9.99. The fourth-order valence-electron chi connectivity index (χ4n) is 4.81. The molecule has 8 heteroatoms. The first-order valence-corrected chi connectivity index (χ1v) is 12.6. The number of ether oxygens (including phenoxy) is 1. The van der Waals surface area contributed by atoms with Crippen LogP contribution in [0.15, 0.2) is 76.9 Å². The van der Waals surface area contributed by atoms with Crippen LogP contribution in [-0.2, 0) is 9.59 Å². The van der Waals surface area contributed by atoms with Gasteiger partial charge in [0.1, 0.15) is 23.3 Å². The van der Waals surface area contributed by atoms with E-state index in [1.54, 1.807) is 36.4 Å². The number of anilines is 2. The van der Waals surface area contributed by atoms with Gasteiger partial charge in [0.05, 0.1) is 18.4 Å². The molecule has 2 saturated heterocycles. The number of piperazine rings is 1. The van der Waals surface area contributed by atoms with E-state index in [2.05, 4.69) is 16.8 Å². The molecule has 1 amide bonds. The zero-order valence-electron chi connectivity index (χ0n) is 21.1. The molecule has 2 fully saturated rings. The second-order valence-electron chi connectivity index (χ2n) is 9.37. The van der Waals surface area contributed by atoms with Crippen molar-refractivity contribution >= 4 is 28.8 Å². The number of Topliss-reactive ketones (excluding diaryl/α,β-unsaturated/α-hetero) is 1. The van der Waals surface area contributed by atoms with Gasteiger partial charge in [0.15, 0.2) is 0 Å². The second kappa shape index (κ2) is 10.5. The van der Waals surface area contributed by atoms with Crippen LogP contribution in [0.25, 0.3) is 5.76 Å². The molecule has 2 aliphatic heterocycles. The Labute approximate surface area is 216 Å². The highest BCUT2D eigenvalue weighted by Crippen LogP contribution is 2.42. The third-order valence-corrected chi connectivity index (χ3v) is 6.83. The molecular formula is C29H31N3O5. The third kappa shape index (κ3) is 4.84. The number of nitrogens with zero attached hydrogens (tertiary/aromatic N) is 3. The van der Waals surface area contributed by atoms with Crippen molar-refractivity contribution in [1.29, 1.82) is 0 Å². The van der Waals surface area contributed by atoms with Gasteiger partial charge >= 0.3 is 0 Å². The minimum Gasteiger partial charge on any atom is -0.507 e. The molecular weight excluding hydrogens is 470 g/mol. The van der Waals surface area contributed by atoms with Gasteiger partial charge in [-0.05, 0) is 62.0 Å². The van der Waals surface area contributed by atoms with E-state index < -0.39 is 17.7 Å². The Hall–Kier alpha value is -4.04. The standard InChI is InChI=1S/C29H31N3O5/c1-3-17-36-23-7-4-6-20(19-23)27(33)25-26(24-8-5-18-37-24)32(29(35)28(25)34)22-11-9-21(10-12-22)31-15-13-30(2)14-16-31/h4-12,18-19,26,33H,3,13-17H2,1-2H3/b27-25-. The van der Waals surface area contributed by atoms with Crippen molar-refractivity contribution < 1.29 is 23.8 Å². The van der Waals surface area contributed by atoms with Crippen LogP contribution in [0.5, 0.6) is 5.75 Å². The molecule has 0 radical (unpaired) electrons. The van der Waals surface area contributed by atoms with E-state index in [-0.39, 0.29) is 11.3 Å². The number of ketones is 1. The SMILES string of the molecule is CCCOc1cccc(/C(O)=C2/C(=O)C(=O)N(c3ccc(N4CCN(C)CC4)cc3)C2c2ccco2)c1. The average molecular weight is 502 g/mol. The third-order valence-electron chi connectivity index (χ3n) is 6.83. The zero-order chi connectivity index (χ0) is 25.9. The molecule has 1 unspecified atom stereocenters. The first-order valence-electron chi connectivity index (χ1n) is 12.6. The van der Waals surface area contributed by atoms with Crippen molar-refractivity contribution in [2.45, 2.75) is 19.4 Å². The van der Waals surface area contributed by atoms with E-state index in [4.69, 9.17) is 9.15 Å². The van der Waals surface area contributed by atoms with Crippen LogP contribution in [0.4, 0.5) is 11.4 Å². The van der Waals surface area contributed by atoms with Crippen molar-refractivity contribution in [2.24, 2.45) is 0 Å². The molecule has 0 saturated carbocycles. The summed E-state index contributed by atoms with van der Waals surface area (Å²) in [5, 5.41) is 11.3. The van der Waals surface area contributed by atoms with E-state index in [1.807, 2.05) is 31.2 Å². The Morgan fingerprint density at radius 2 is 1.73 bits per heavy atom. The Kier molecular flexibility index (Phi) is 7.01. The van der Waals surface area contributed by atoms with E-state index in [0.29, 0.717) is 29.4 Å². The van der Waals surface area contributed by atoms with E-state index in [9.17, 15) is 14.7 Å². The molecule has 0 bridgehead atoms. The molecule has 37 heavy (non-hydrogen) atoms. The molecule has 8 nitrogen and oxygen atoms in total. The first-order chi connectivity index (χ1) is 18.0. The van der Waals surface area contributed by atoms with E-state index >= 15 is 0 Å². The van der Waals surface area contributed by atoms with Gasteiger partial charge < -0.3 is 24.1 Å². The second-order valence-corrected chi connectivity index (χ2v) is 9.37. The van der Waals surface area contributed by atoms with Gasteiger partial charge in [-0.25, -0.2) is 0 Å². The van der Waals surface area contributed by atoms with Gasteiger partial charge in [-0.3, -0.25) is 14.5 Å². The van der Waals surface area contributed by atoms with Crippen LogP contribution in [0.2, 0.25) is 0 Å². The van der Waals surface area contributed by atoms with E-state index in [1.165, 1.54) is 11.2 Å². The van der Waals surface area contributed by atoms with Crippen molar-refractivity contribution in [1.82, 2.24) is 4.90 Å². The van der Waals surface area contributed by atoms with Crippen LogP contribution < -0.4 is 14.5 Å². The number of likely N-dealkylation sites (N-methyl/N-ethyl adjacent to an activating group) is 1. The zero-order valence-corrected chi connectivity index (χ0v) is 21.1. The van der Waals surface area contributed by atoms with Crippen molar-refractivity contribution in [3.05, 3.63) is 83.8 Å². The van der Waals surface area contributed by atoms with Crippen molar-refractivity contribution in [3.63, 3.8) is 0 Å². The highest BCUT2D eigenvalue weighted by Gasteiger charge is 2.48. The smallest absolute Gasteiger partial charge is 0.300 e. The fourth-order valence-corrected chi connectivity index (χ4v) is 4.81. The number of hydrogen-bond acceptors (Lipinski definition) is 7. The quantitative estimate of drug-likeness (QED) is 0.291. The summed E-state index contributed by atoms with van der Waals surface area (Å²) in [7, 11) is 2.11. The predicted molar refractivity (Wildman–Crippen MR) is 142 cm³/mol. The van der Waals surface area contributed by atoms with Crippen molar-refractivity contribution in [2.75, 3.05) is 49.6 Å². The number of furan rings is 1. The van der Waals surface area contributed by atoms with Crippen LogP contribution in [0.1, 0.15) is 30.7 Å². The summed E-state index contributed by atoms with van der Waals surface area (Å²) in [6, 6.07) is 17.0. The molecule has 5 rings (SSSR count). The molecule has 192 valence electrons. The summed E-state index contributed by atoms with van der Waals surface area (Å²) in [5.74, 6) is -0.773. The number of carbonyl (C=O) groups excluding carboxylic acids is 2. The molecule has 1 N–H and O–H groups in total. The minimum absolute atomic E-state index is 0.0178. The maximum atomic E-state index is 13.3. The summed E-state index contributed by atoms with van der Waals surface area (Å²) in [5.41, 5.74) is 2.00. The van der Waals surface area contributed by atoms with Gasteiger partial charge in [0.2, 0.25) is 0 Å². The Morgan fingerprint density at radius 1 is 1.00 bits per heavy atom. The number of aliphatic hydroxyl groups is 1. The molecule has 1 atom stereocenters. The van der Waals surface area contributed by atoms with Gasteiger partial charge in [-0.1, -0.05) is 19.1 Å². The average Bonchev–Trinajstić information content (AvgIpc) is 3.54. The first kappa shape index (κ1) is 24.6. The summed E-state index contributed by atoms with van der Waals surface area (Å²) >= 11 is 0. The fraction of sp³-hybridized carbons (Fsp3) is 0.310. The minimum atomic E-state index is -0.898. The molecule has 0 aliphatic carbocycles. The summed E-state index contributed by atoms with van der Waals surface area (Å²) in [4.78, 5) is 32.6. The van der Waals surface area contributed by atoms with Gasteiger partial charge in [0, 0.05) is 43.1 Å². The van der Waals surface area contributed by atoms with E-state index in [0.717, 1.165) is 38.3 Å². The van der Waals surface area contributed by atoms with Crippen molar-refractivity contribution in [3.8, 4) is 5.75 Å². The van der Waals surface area contributed by atoms with Crippen LogP contribution >= 0.6 is 0 Å². The molecule has 3 aromatic rings. The predicted octanol–water partition coefficient (Wildman–Crippen LogP) is 4.45. The van der Waals surface area contributed by atoms with Crippen LogP contribution in [0.3, 0.4) is 0 Å². The van der Waals surface area contributed by atoms with Gasteiger partial charge in [-0.2, -0.15) is 0 Å². The van der Waals surface area contributed by atoms with Gasteiger partial charge in [0.25, 0.3) is 11.7 Å². The summed E-state index contributed by atoms with van der Waals surface area (Å²) < 4.78 is 11.4. The number of amides is 1. The molecule has 3 heterocycles. The highest BCUT2D eigenvalue weighted by molar-refractivity contribution is 6.51. The van der Waals surface area contributed by atoms with Crippen LogP contribution in [0, 0.1) is 0 Å². The highest BCUT2D eigenvalue weighted by atomic mass is 16.5. The monoisotopic (exact) mass is 501 g/mol. The number of benzene rings is 2. The molecule has 2 aromatic carbocycles. The lowest BCUT2D eigenvalue weighted by molar-refractivity contribution is -0.132. The number of carbonyl (C=O) groups is 2. The number of rotatable bonds is 7. The molecule has 2 aliphatic rings. The normalized spacial score (nSPS) is 20.0. The largest absolute Gasteiger partial charge is 0.507 e. The Bertz CT molecular complexity index is 1290. The Morgan fingerprint density at radius 3 is 2.41 bits per heavy atom. The summed E-state index contributed by atoms with van der Waals surface area (Å²) in [6.45, 7) is 6.36. The molecule has 1 aromatic heterocycles. The molecule has 0 spiro atoms. The maximum Gasteiger partial charge on any atom is 0.300 e. The number of hydrogen-bond donors (Lipinski definition) is 1. The topological polar surface area (TPSA) is 86.5 Å². The van der Waals surface area contributed by atoms with Crippen LogP contribution in [-0.4, -0.2) is 61.5 Å². The number of aliphatic hydroxyl groups excluding tert-OH is 1. The maximum absolute atomic E-state index is 13.3. The lowest BCUT2D eigenvalue weighted by Crippen LogP contribution is -2.44. The van der Waals surface area contributed by atoms with Gasteiger partial charge in [-0.15, -0.1) is 0 Å². The lowest BCUT2D eigenvalue weighted by Gasteiger charge is -2.34.